The van der Waals surface area contributed by atoms with Crippen LogP contribution in [0.4, 0.5) is 0 Å². The zero-order valence-corrected chi connectivity index (χ0v) is 10.7. The molecule has 2 aromatic rings. The van der Waals surface area contributed by atoms with Crippen molar-refractivity contribution >= 4 is 11.0 Å². The number of hydrogen-bond acceptors (Lipinski definition) is 2. The summed E-state index contributed by atoms with van der Waals surface area (Å²) in [5.41, 5.74) is 0.949. The highest BCUT2D eigenvalue weighted by molar-refractivity contribution is 5.79. The Hall–Kier alpha value is -1.28. The van der Waals surface area contributed by atoms with Gasteiger partial charge in [0.05, 0.1) is 5.92 Å². The van der Waals surface area contributed by atoms with Gasteiger partial charge in [0.25, 0.3) is 0 Å². The van der Waals surface area contributed by atoms with Crippen LogP contribution < -0.4 is 0 Å². The van der Waals surface area contributed by atoms with Gasteiger partial charge in [0.15, 0.2) is 0 Å². The molecular formula is C16H16NO. The first kappa shape index (κ1) is 11.8. The summed E-state index contributed by atoms with van der Waals surface area (Å²) in [6, 6.07) is 10.2. The average molecular weight is 238 g/mol. The minimum Gasteiger partial charge on any atom is -0.460 e. The number of nitrogens with zero attached hydrogens (tertiary/aromatic N) is 1. The lowest BCUT2D eigenvalue weighted by molar-refractivity contribution is 0.425. The van der Waals surface area contributed by atoms with E-state index in [1.54, 1.807) is 0 Å². The monoisotopic (exact) mass is 238 g/mol. The van der Waals surface area contributed by atoms with Crippen molar-refractivity contribution in [3.8, 4) is 0 Å². The first-order valence-corrected chi connectivity index (χ1v) is 6.12. The third-order valence-corrected chi connectivity index (χ3v) is 3.08. The van der Waals surface area contributed by atoms with E-state index in [4.69, 9.17) is 4.42 Å². The number of fused-ring (bicyclic) bond motifs is 1. The summed E-state index contributed by atoms with van der Waals surface area (Å²) in [7, 11) is 4.16. The summed E-state index contributed by atoms with van der Waals surface area (Å²) in [6.45, 7) is 0.930. The predicted molar refractivity (Wildman–Crippen MR) is 73.3 cm³/mol. The van der Waals surface area contributed by atoms with Crippen LogP contribution in [0.2, 0.25) is 0 Å². The lowest BCUT2D eigenvalue weighted by Crippen LogP contribution is -2.22. The normalized spacial score (nSPS) is 18.2. The maximum absolute atomic E-state index is 5.92. The van der Waals surface area contributed by atoms with Crippen LogP contribution in [-0.2, 0) is 0 Å². The zero-order valence-electron chi connectivity index (χ0n) is 10.7. The van der Waals surface area contributed by atoms with Gasteiger partial charge < -0.3 is 9.32 Å². The van der Waals surface area contributed by atoms with Gasteiger partial charge in [0.2, 0.25) is 0 Å². The molecule has 0 spiro atoms. The van der Waals surface area contributed by atoms with Crippen molar-refractivity contribution in [2.24, 2.45) is 0 Å². The second-order valence-corrected chi connectivity index (χ2v) is 4.85. The molecule has 91 valence electrons. The predicted octanol–water partition coefficient (Wildman–Crippen LogP) is 3.12. The Morgan fingerprint density at radius 1 is 1.11 bits per heavy atom. The molecule has 1 saturated carbocycles. The van der Waals surface area contributed by atoms with Crippen LogP contribution in [0.15, 0.2) is 34.7 Å². The molecule has 1 aromatic heterocycles. The molecule has 0 saturated heterocycles. The van der Waals surface area contributed by atoms with E-state index < -0.39 is 0 Å². The number of rotatable bonds is 3. The van der Waals surface area contributed by atoms with Crippen LogP contribution in [0.5, 0.6) is 0 Å². The highest BCUT2D eigenvalue weighted by atomic mass is 16.3. The SMILES string of the molecule is CN(C)C[C]1[CH][CH][CH][C]1c1cc2ccccc2o1. The third-order valence-electron chi connectivity index (χ3n) is 3.08. The largest absolute Gasteiger partial charge is 0.460 e. The third kappa shape index (κ3) is 2.17. The van der Waals surface area contributed by atoms with E-state index in [2.05, 4.69) is 50.4 Å². The summed E-state index contributed by atoms with van der Waals surface area (Å²) < 4.78 is 5.92. The summed E-state index contributed by atoms with van der Waals surface area (Å²) in [5, 5.41) is 1.16. The molecule has 0 amide bonds. The lowest BCUT2D eigenvalue weighted by atomic mass is 9.93. The second kappa shape index (κ2) is 4.77. The van der Waals surface area contributed by atoms with Gasteiger partial charge in [-0.1, -0.05) is 18.2 Å². The van der Waals surface area contributed by atoms with Crippen molar-refractivity contribution in [2.75, 3.05) is 20.6 Å². The Morgan fingerprint density at radius 2 is 1.94 bits per heavy atom. The molecule has 1 aliphatic carbocycles. The first-order chi connectivity index (χ1) is 8.74. The molecule has 2 heteroatoms. The standard InChI is InChI=1S/C16H16NO/c1-17(2)11-13-7-5-8-14(13)16-10-12-6-3-4-9-15(12)18-16/h3-10H,11H2,1-2H3. The first-order valence-electron chi connectivity index (χ1n) is 6.12. The lowest BCUT2D eigenvalue weighted by Gasteiger charge is -2.19. The minimum absolute atomic E-state index is 0.930. The van der Waals surface area contributed by atoms with Crippen LogP contribution in [0.1, 0.15) is 5.76 Å². The average Bonchev–Trinajstić information content (AvgIpc) is 2.93. The van der Waals surface area contributed by atoms with Crippen LogP contribution in [0, 0.1) is 31.1 Å². The van der Waals surface area contributed by atoms with Crippen molar-refractivity contribution in [1.82, 2.24) is 4.90 Å². The molecule has 1 aliphatic rings. The molecular weight excluding hydrogens is 222 g/mol. The van der Waals surface area contributed by atoms with E-state index >= 15 is 0 Å². The molecule has 1 aromatic carbocycles. The highest BCUT2D eigenvalue weighted by Gasteiger charge is 2.33. The molecule has 0 unspecified atom stereocenters. The molecule has 5 radical (unpaired) electrons. The van der Waals surface area contributed by atoms with E-state index in [1.807, 2.05) is 18.2 Å². The van der Waals surface area contributed by atoms with Gasteiger partial charge in [-0.2, -0.15) is 0 Å². The quantitative estimate of drug-likeness (QED) is 0.817. The Morgan fingerprint density at radius 3 is 2.72 bits per heavy atom. The molecule has 2 nitrogen and oxygen atoms in total. The number of benzene rings is 1. The van der Waals surface area contributed by atoms with Crippen LogP contribution in [-0.4, -0.2) is 25.5 Å². The molecule has 1 heterocycles. The second-order valence-electron chi connectivity index (χ2n) is 4.85. The van der Waals surface area contributed by atoms with Crippen molar-refractivity contribution in [3.63, 3.8) is 0 Å². The smallest absolute Gasteiger partial charge is 0.134 e. The van der Waals surface area contributed by atoms with Crippen molar-refractivity contribution < 1.29 is 4.42 Å². The Labute approximate surface area is 109 Å². The van der Waals surface area contributed by atoms with Gasteiger partial charge in [-0.05, 0) is 45.5 Å². The fraction of sp³-hybridized carbons (Fsp3) is 0.188. The van der Waals surface area contributed by atoms with Crippen molar-refractivity contribution in [3.05, 3.63) is 67.2 Å². The van der Waals surface area contributed by atoms with E-state index in [0.717, 1.165) is 23.3 Å². The molecule has 0 N–H and O–H groups in total. The van der Waals surface area contributed by atoms with E-state index in [9.17, 15) is 0 Å². The molecule has 18 heavy (non-hydrogen) atoms. The molecule has 0 bridgehead atoms. The molecule has 0 aliphatic heterocycles. The van der Waals surface area contributed by atoms with Crippen LogP contribution in [0.25, 0.3) is 11.0 Å². The van der Waals surface area contributed by atoms with Gasteiger partial charge in [-0.25, -0.2) is 0 Å². The van der Waals surface area contributed by atoms with Gasteiger partial charge in [0, 0.05) is 17.8 Å². The van der Waals surface area contributed by atoms with Crippen LogP contribution in [0.3, 0.4) is 0 Å². The summed E-state index contributed by atoms with van der Waals surface area (Å²) >= 11 is 0. The van der Waals surface area contributed by atoms with Gasteiger partial charge in [-0.3, -0.25) is 0 Å². The van der Waals surface area contributed by atoms with Crippen molar-refractivity contribution in [1.29, 1.82) is 0 Å². The van der Waals surface area contributed by atoms with Gasteiger partial charge >= 0.3 is 0 Å². The number of para-hydroxylation sites is 1. The molecule has 3 rings (SSSR count). The Balaban J connectivity index is 1.88. The number of furan rings is 1. The van der Waals surface area contributed by atoms with Crippen LogP contribution >= 0.6 is 0 Å². The van der Waals surface area contributed by atoms with E-state index in [-0.39, 0.29) is 0 Å². The molecule has 1 fully saturated rings. The topological polar surface area (TPSA) is 16.4 Å². The fourth-order valence-corrected chi connectivity index (χ4v) is 2.29. The van der Waals surface area contributed by atoms with E-state index in [0.29, 0.717) is 0 Å². The summed E-state index contributed by atoms with van der Waals surface area (Å²) in [5.74, 6) is 3.46. The zero-order chi connectivity index (χ0) is 12.5. The Kier molecular flexibility index (Phi) is 3.13. The summed E-state index contributed by atoms with van der Waals surface area (Å²) in [6.07, 6.45) is 6.36. The maximum Gasteiger partial charge on any atom is 0.134 e. The fourth-order valence-electron chi connectivity index (χ4n) is 2.29. The molecule has 0 atom stereocenters. The Bertz CT molecular complexity index is 496. The number of hydrogen-bond donors (Lipinski definition) is 0. The summed E-state index contributed by atoms with van der Waals surface area (Å²) in [4.78, 5) is 2.17. The van der Waals surface area contributed by atoms with Crippen molar-refractivity contribution in [2.45, 2.75) is 0 Å². The van der Waals surface area contributed by atoms with Gasteiger partial charge in [0.1, 0.15) is 11.3 Å². The highest BCUT2D eigenvalue weighted by Crippen LogP contribution is 2.40. The van der Waals surface area contributed by atoms with E-state index in [1.165, 1.54) is 11.8 Å². The maximum atomic E-state index is 5.92. The van der Waals surface area contributed by atoms with Gasteiger partial charge in [-0.15, -0.1) is 0 Å². The minimum atomic E-state index is 0.930.